The Kier molecular flexibility index (Phi) is 4.21. The third-order valence-corrected chi connectivity index (χ3v) is 3.36. The number of halogens is 3. The molecule has 0 aliphatic rings. The Morgan fingerprint density at radius 1 is 1.37 bits per heavy atom. The van der Waals surface area contributed by atoms with Gasteiger partial charge in [0.1, 0.15) is 12.1 Å². The van der Waals surface area contributed by atoms with Gasteiger partial charge in [0, 0.05) is 5.69 Å². The van der Waals surface area contributed by atoms with E-state index in [2.05, 4.69) is 31.2 Å². The predicted octanol–water partition coefficient (Wildman–Crippen LogP) is 4.09. The van der Waals surface area contributed by atoms with E-state index in [1.165, 1.54) is 19.5 Å². The molecule has 1 N–H and O–H groups in total. The van der Waals surface area contributed by atoms with Crippen LogP contribution >= 0.6 is 27.5 Å². The van der Waals surface area contributed by atoms with Crippen molar-refractivity contribution in [1.82, 2.24) is 9.97 Å². The van der Waals surface area contributed by atoms with Crippen LogP contribution in [0.4, 0.5) is 15.9 Å². The van der Waals surface area contributed by atoms with Crippen molar-refractivity contribution in [1.29, 1.82) is 0 Å². The van der Waals surface area contributed by atoms with E-state index in [1.807, 2.05) is 6.92 Å². The molecule has 4 nitrogen and oxygen atoms in total. The van der Waals surface area contributed by atoms with Crippen LogP contribution in [0, 0.1) is 12.7 Å². The van der Waals surface area contributed by atoms with E-state index in [9.17, 15) is 4.39 Å². The van der Waals surface area contributed by atoms with E-state index in [0.717, 1.165) is 5.56 Å². The number of hydrogen-bond acceptors (Lipinski definition) is 4. The summed E-state index contributed by atoms with van der Waals surface area (Å²) < 4.78 is 19.1. The Balaban J connectivity index is 2.42. The molecule has 0 fully saturated rings. The highest BCUT2D eigenvalue weighted by Crippen LogP contribution is 2.32. The zero-order valence-electron chi connectivity index (χ0n) is 10.2. The fraction of sp³-hybridized carbons (Fsp3) is 0.167. The number of aromatic nitrogens is 2. The first kappa shape index (κ1) is 14.0. The maximum Gasteiger partial charge on any atom is 0.199 e. The van der Waals surface area contributed by atoms with Gasteiger partial charge >= 0.3 is 0 Å². The average Bonchev–Trinajstić information content (AvgIpc) is 2.36. The van der Waals surface area contributed by atoms with Crippen molar-refractivity contribution < 1.29 is 9.13 Å². The lowest BCUT2D eigenvalue weighted by Gasteiger charge is -2.13. The van der Waals surface area contributed by atoms with Crippen LogP contribution in [0.1, 0.15) is 5.56 Å². The number of methoxy groups -OCH3 is 1. The largest absolute Gasteiger partial charge is 0.490 e. The molecule has 19 heavy (non-hydrogen) atoms. The number of nitrogens with one attached hydrogen (secondary N) is 1. The number of nitrogens with zero attached hydrogens (tertiary/aromatic N) is 2. The van der Waals surface area contributed by atoms with Crippen molar-refractivity contribution in [3.8, 4) is 5.75 Å². The van der Waals surface area contributed by atoms with Gasteiger partial charge in [0.25, 0.3) is 0 Å². The number of rotatable bonds is 3. The van der Waals surface area contributed by atoms with Gasteiger partial charge in [-0.1, -0.05) is 11.6 Å². The molecule has 100 valence electrons. The average molecular weight is 347 g/mol. The minimum atomic E-state index is -0.368. The molecule has 0 spiro atoms. The molecule has 0 bridgehead atoms. The van der Waals surface area contributed by atoms with E-state index < -0.39 is 0 Å². The number of anilines is 2. The third-order valence-electron chi connectivity index (χ3n) is 2.48. The second-order valence-electron chi connectivity index (χ2n) is 3.75. The number of ether oxygens (including phenoxy) is 1. The summed E-state index contributed by atoms with van der Waals surface area (Å²) in [6.45, 7) is 1.85. The van der Waals surface area contributed by atoms with Crippen molar-refractivity contribution in [2.24, 2.45) is 0 Å². The summed E-state index contributed by atoms with van der Waals surface area (Å²) in [5.74, 6) is 0.325. The lowest BCUT2D eigenvalue weighted by atomic mass is 10.2. The van der Waals surface area contributed by atoms with Gasteiger partial charge in [-0.25, -0.2) is 14.4 Å². The zero-order chi connectivity index (χ0) is 14.0. The Morgan fingerprint density at radius 3 is 2.79 bits per heavy atom. The molecule has 1 aromatic heterocycles. The molecule has 0 aliphatic carbocycles. The summed E-state index contributed by atoms with van der Waals surface area (Å²) in [5, 5.41) is 3.17. The molecule has 0 saturated heterocycles. The molecule has 0 amide bonds. The highest BCUT2D eigenvalue weighted by molar-refractivity contribution is 9.10. The minimum absolute atomic E-state index is 0.190. The lowest BCUT2D eigenvalue weighted by Crippen LogP contribution is -2.01. The first-order chi connectivity index (χ1) is 9.02. The fourth-order valence-electron chi connectivity index (χ4n) is 1.53. The van der Waals surface area contributed by atoms with Crippen LogP contribution in [0.2, 0.25) is 5.15 Å². The van der Waals surface area contributed by atoms with Crippen LogP contribution in [-0.2, 0) is 0 Å². The minimum Gasteiger partial charge on any atom is -0.490 e. The van der Waals surface area contributed by atoms with Gasteiger partial charge in [0.15, 0.2) is 16.7 Å². The molecule has 0 saturated carbocycles. The maximum absolute atomic E-state index is 13.5. The topological polar surface area (TPSA) is 47.0 Å². The van der Waals surface area contributed by atoms with Gasteiger partial charge in [-0.05, 0) is 40.5 Å². The Bertz CT molecular complexity index is 624. The zero-order valence-corrected chi connectivity index (χ0v) is 12.5. The van der Waals surface area contributed by atoms with Gasteiger partial charge in [-0.15, -0.1) is 0 Å². The molecule has 1 heterocycles. The van der Waals surface area contributed by atoms with Crippen LogP contribution in [0.5, 0.6) is 5.75 Å². The normalized spacial score (nSPS) is 10.4. The van der Waals surface area contributed by atoms with Crippen LogP contribution in [0.3, 0.4) is 0 Å². The molecular weight excluding hydrogens is 337 g/mol. The second kappa shape index (κ2) is 5.71. The summed E-state index contributed by atoms with van der Waals surface area (Å²) in [6, 6.07) is 3.04. The summed E-state index contributed by atoms with van der Waals surface area (Å²) in [5.41, 5.74) is 1.43. The highest BCUT2D eigenvalue weighted by Gasteiger charge is 2.12. The first-order valence-corrected chi connectivity index (χ1v) is 6.47. The van der Waals surface area contributed by atoms with E-state index in [4.69, 9.17) is 16.3 Å². The number of benzene rings is 1. The molecule has 1 aromatic carbocycles. The van der Waals surface area contributed by atoms with Crippen molar-refractivity contribution in [2.45, 2.75) is 6.92 Å². The molecule has 2 aromatic rings. The van der Waals surface area contributed by atoms with E-state index >= 15 is 0 Å². The number of aryl methyl sites for hydroxylation is 1. The van der Waals surface area contributed by atoms with Crippen molar-refractivity contribution >= 4 is 39.0 Å². The summed E-state index contributed by atoms with van der Waals surface area (Å²) in [4.78, 5) is 7.85. The quantitative estimate of drug-likeness (QED) is 0.850. The van der Waals surface area contributed by atoms with Gasteiger partial charge < -0.3 is 10.1 Å². The molecule has 0 radical (unpaired) electrons. The Labute approximate surface area is 123 Å². The van der Waals surface area contributed by atoms with Crippen molar-refractivity contribution in [2.75, 3.05) is 12.4 Å². The van der Waals surface area contributed by atoms with Gasteiger partial charge in [-0.3, -0.25) is 0 Å². The second-order valence-corrected chi connectivity index (χ2v) is 4.96. The molecule has 2 rings (SSSR count). The van der Waals surface area contributed by atoms with Crippen molar-refractivity contribution in [3.05, 3.63) is 39.5 Å². The van der Waals surface area contributed by atoms with E-state index in [0.29, 0.717) is 21.7 Å². The predicted molar refractivity (Wildman–Crippen MR) is 75.7 cm³/mol. The third kappa shape index (κ3) is 2.96. The molecule has 0 atom stereocenters. The summed E-state index contributed by atoms with van der Waals surface area (Å²) in [7, 11) is 1.46. The molecule has 0 aliphatic heterocycles. The lowest BCUT2D eigenvalue weighted by molar-refractivity contribution is 0.413. The van der Waals surface area contributed by atoms with Gasteiger partial charge in [0.2, 0.25) is 0 Å². The van der Waals surface area contributed by atoms with E-state index in [-0.39, 0.29) is 11.0 Å². The van der Waals surface area contributed by atoms with Crippen LogP contribution < -0.4 is 10.1 Å². The van der Waals surface area contributed by atoms with Crippen LogP contribution in [-0.4, -0.2) is 17.1 Å². The molecule has 0 unspecified atom stereocenters. The Morgan fingerprint density at radius 2 is 2.11 bits per heavy atom. The maximum atomic E-state index is 13.5. The SMILES string of the molecule is COc1c(Cl)ncnc1Nc1cc(F)c(Br)cc1C. The fourth-order valence-corrected chi connectivity index (χ4v) is 2.20. The Hall–Kier alpha value is -1.40. The van der Waals surface area contributed by atoms with Gasteiger partial charge in [0.05, 0.1) is 11.6 Å². The summed E-state index contributed by atoms with van der Waals surface area (Å²) in [6.07, 6.45) is 1.30. The van der Waals surface area contributed by atoms with Crippen molar-refractivity contribution in [3.63, 3.8) is 0 Å². The number of hydrogen-bond donors (Lipinski definition) is 1. The highest BCUT2D eigenvalue weighted by atomic mass is 79.9. The van der Waals surface area contributed by atoms with E-state index in [1.54, 1.807) is 6.07 Å². The molecule has 7 heteroatoms. The van der Waals surface area contributed by atoms with Crippen LogP contribution in [0.15, 0.2) is 22.9 Å². The van der Waals surface area contributed by atoms with Crippen LogP contribution in [0.25, 0.3) is 0 Å². The molecular formula is C12H10BrClFN3O. The monoisotopic (exact) mass is 345 g/mol. The smallest absolute Gasteiger partial charge is 0.199 e. The van der Waals surface area contributed by atoms with Gasteiger partial charge in [-0.2, -0.15) is 0 Å². The summed E-state index contributed by atoms with van der Waals surface area (Å²) >= 11 is 9.03. The first-order valence-electron chi connectivity index (χ1n) is 5.30. The standard InChI is InChI=1S/C12H10BrClFN3O/c1-6-3-7(13)8(15)4-9(6)18-12-10(19-2)11(14)16-5-17-12/h3-5H,1-2H3,(H,16,17,18).